The highest BCUT2D eigenvalue weighted by Gasteiger charge is 2.25. The Hall–Kier alpha value is -2.00. The van der Waals surface area contributed by atoms with Gasteiger partial charge in [-0.1, -0.05) is 35.0 Å². The van der Waals surface area contributed by atoms with Crippen LogP contribution in [0.5, 0.6) is 11.5 Å². The molecule has 3 heterocycles. The normalized spacial score (nSPS) is 16.6. The third-order valence-electron chi connectivity index (χ3n) is 5.08. The molecular weight excluding hydrogens is 459 g/mol. The number of hydrogen-bond acceptors (Lipinski definition) is 8. The third kappa shape index (κ3) is 4.22. The van der Waals surface area contributed by atoms with Gasteiger partial charge in [0.05, 0.1) is 42.7 Å². The minimum absolute atomic E-state index is 0.0835. The monoisotopic (exact) mass is 480 g/mol. The van der Waals surface area contributed by atoms with Gasteiger partial charge < -0.3 is 19.1 Å². The number of morpholine rings is 1. The molecule has 0 radical (unpaired) electrons. The number of rotatable bonds is 5. The molecule has 0 aliphatic carbocycles. The van der Waals surface area contributed by atoms with Crippen LogP contribution < -0.4 is 14.4 Å². The molecule has 0 saturated carbocycles. The standard InChI is InChI=1S/C21H22Cl2N4O3S/c1-11-10-27(5-6-30-11)20-19-12(9-24-21(26-19)31-4)7-13(25-20)16-17(22)14(28-2)8-15(29-3)18(16)23/h7-9,11H,5-6,10H2,1-4H3. The SMILES string of the molecule is COc1cc(OC)c(Cl)c(-c2cc3cnc(SC)nc3c(N3CCOC(C)C3)n2)c1Cl. The number of nitrogens with zero attached hydrogens (tertiary/aromatic N) is 4. The van der Waals surface area contributed by atoms with Crippen LogP contribution in [0.2, 0.25) is 10.0 Å². The summed E-state index contributed by atoms with van der Waals surface area (Å²) < 4.78 is 16.6. The van der Waals surface area contributed by atoms with Gasteiger partial charge in [-0.05, 0) is 19.2 Å². The Morgan fingerprint density at radius 2 is 1.84 bits per heavy atom. The molecule has 1 unspecified atom stereocenters. The molecule has 0 N–H and O–H groups in total. The molecule has 7 nitrogen and oxygen atoms in total. The lowest BCUT2D eigenvalue weighted by atomic mass is 10.1. The molecule has 164 valence electrons. The lowest BCUT2D eigenvalue weighted by Crippen LogP contribution is -2.41. The summed E-state index contributed by atoms with van der Waals surface area (Å²) in [6.45, 7) is 4.06. The first-order valence-corrected chi connectivity index (χ1v) is 11.6. The van der Waals surface area contributed by atoms with Gasteiger partial charge in [-0.25, -0.2) is 15.0 Å². The molecular formula is C21H22Cl2N4O3S. The zero-order valence-corrected chi connectivity index (χ0v) is 19.9. The fourth-order valence-electron chi connectivity index (χ4n) is 3.57. The Morgan fingerprint density at radius 1 is 1.13 bits per heavy atom. The van der Waals surface area contributed by atoms with Crippen molar-refractivity contribution in [1.82, 2.24) is 15.0 Å². The molecule has 1 atom stereocenters. The number of ether oxygens (including phenoxy) is 3. The van der Waals surface area contributed by atoms with Crippen LogP contribution >= 0.6 is 35.0 Å². The van der Waals surface area contributed by atoms with Crippen LogP contribution in [0.4, 0.5) is 5.82 Å². The summed E-state index contributed by atoms with van der Waals surface area (Å²) in [6, 6.07) is 3.55. The minimum atomic E-state index is 0.0835. The average Bonchev–Trinajstić information content (AvgIpc) is 2.78. The van der Waals surface area contributed by atoms with Crippen molar-refractivity contribution < 1.29 is 14.2 Å². The Morgan fingerprint density at radius 3 is 2.45 bits per heavy atom. The van der Waals surface area contributed by atoms with Gasteiger partial charge >= 0.3 is 0 Å². The topological polar surface area (TPSA) is 69.6 Å². The van der Waals surface area contributed by atoms with Crippen molar-refractivity contribution in [2.45, 2.75) is 18.2 Å². The van der Waals surface area contributed by atoms with Crippen molar-refractivity contribution >= 4 is 51.7 Å². The maximum absolute atomic E-state index is 6.66. The highest BCUT2D eigenvalue weighted by atomic mass is 35.5. The van der Waals surface area contributed by atoms with E-state index in [-0.39, 0.29) is 6.10 Å². The first kappa shape index (κ1) is 22.2. The quantitative estimate of drug-likeness (QED) is 0.374. The van der Waals surface area contributed by atoms with E-state index in [1.54, 1.807) is 26.5 Å². The summed E-state index contributed by atoms with van der Waals surface area (Å²) in [6.07, 6.45) is 3.83. The van der Waals surface area contributed by atoms with Gasteiger partial charge in [-0.15, -0.1) is 0 Å². The van der Waals surface area contributed by atoms with Crippen LogP contribution in [0.25, 0.3) is 22.2 Å². The summed E-state index contributed by atoms with van der Waals surface area (Å²) in [7, 11) is 3.09. The van der Waals surface area contributed by atoms with E-state index in [0.29, 0.717) is 57.7 Å². The molecule has 2 aromatic heterocycles. The van der Waals surface area contributed by atoms with Crippen molar-refractivity contribution in [3.05, 3.63) is 28.4 Å². The number of hydrogen-bond donors (Lipinski definition) is 0. The average molecular weight is 481 g/mol. The first-order valence-electron chi connectivity index (χ1n) is 9.65. The van der Waals surface area contributed by atoms with Gasteiger partial charge in [-0.3, -0.25) is 0 Å². The summed E-state index contributed by atoms with van der Waals surface area (Å²) in [5.41, 5.74) is 1.91. The number of aromatic nitrogens is 3. The number of methoxy groups -OCH3 is 2. The van der Waals surface area contributed by atoms with Crippen LogP contribution in [-0.4, -0.2) is 61.2 Å². The summed E-state index contributed by atoms with van der Waals surface area (Å²) in [5, 5.41) is 2.25. The Kier molecular flexibility index (Phi) is 6.62. The molecule has 0 spiro atoms. The van der Waals surface area contributed by atoms with Gasteiger partial charge in [0, 0.05) is 36.3 Å². The van der Waals surface area contributed by atoms with Gasteiger partial charge in [0.15, 0.2) is 11.0 Å². The van der Waals surface area contributed by atoms with Gasteiger partial charge in [0.25, 0.3) is 0 Å². The second-order valence-electron chi connectivity index (χ2n) is 7.04. The van der Waals surface area contributed by atoms with Crippen LogP contribution in [-0.2, 0) is 4.74 Å². The van der Waals surface area contributed by atoms with E-state index in [9.17, 15) is 0 Å². The maximum Gasteiger partial charge on any atom is 0.187 e. The van der Waals surface area contributed by atoms with E-state index in [1.165, 1.54) is 11.8 Å². The van der Waals surface area contributed by atoms with Crippen LogP contribution in [0.15, 0.2) is 23.5 Å². The molecule has 0 bridgehead atoms. The van der Waals surface area contributed by atoms with Crippen molar-refractivity contribution in [2.24, 2.45) is 0 Å². The molecule has 3 aromatic rings. The number of halogens is 2. The predicted molar refractivity (Wildman–Crippen MR) is 125 cm³/mol. The van der Waals surface area contributed by atoms with Crippen molar-refractivity contribution in [2.75, 3.05) is 45.1 Å². The van der Waals surface area contributed by atoms with E-state index in [1.807, 2.05) is 19.2 Å². The van der Waals surface area contributed by atoms with Crippen LogP contribution in [0.3, 0.4) is 0 Å². The molecule has 10 heteroatoms. The van der Waals surface area contributed by atoms with E-state index >= 15 is 0 Å². The Balaban J connectivity index is 1.98. The van der Waals surface area contributed by atoms with E-state index in [4.69, 9.17) is 47.4 Å². The number of thioether (sulfide) groups is 1. The molecule has 1 aromatic carbocycles. The molecule has 1 fully saturated rings. The minimum Gasteiger partial charge on any atom is -0.495 e. The molecule has 31 heavy (non-hydrogen) atoms. The molecule has 0 amide bonds. The van der Waals surface area contributed by atoms with Gasteiger partial charge in [0.2, 0.25) is 0 Å². The number of pyridine rings is 1. The highest BCUT2D eigenvalue weighted by molar-refractivity contribution is 7.98. The van der Waals surface area contributed by atoms with Gasteiger partial charge in [0.1, 0.15) is 17.0 Å². The fourth-order valence-corrected chi connectivity index (χ4v) is 4.61. The summed E-state index contributed by atoms with van der Waals surface area (Å²) in [5.74, 6) is 1.65. The van der Waals surface area contributed by atoms with Gasteiger partial charge in [-0.2, -0.15) is 0 Å². The third-order valence-corrected chi connectivity index (χ3v) is 6.39. The number of benzene rings is 1. The zero-order chi connectivity index (χ0) is 22.1. The molecule has 4 rings (SSSR count). The first-order chi connectivity index (χ1) is 15.0. The number of fused-ring (bicyclic) bond motifs is 1. The van der Waals surface area contributed by atoms with Crippen molar-refractivity contribution in [1.29, 1.82) is 0 Å². The second kappa shape index (κ2) is 9.24. The van der Waals surface area contributed by atoms with E-state index < -0.39 is 0 Å². The lowest BCUT2D eigenvalue weighted by Gasteiger charge is -2.32. The Labute approximate surface area is 195 Å². The molecule has 1 saturated heterocycles. The maximum atomic E-state index is 6.66. The zero-order valence-electron chi connectivity index (χ0n) is 17.6. The van der Waals surface area contributed by atoms with E-state index in [0.717, 1.165) is 16.7 Å². The lowest BCUT2D eigenvalue weighted by molar-refractivity contribution is 0.0530. The van der Waals surface area contributed by atoms with Crippen LogP contribution in [0, 0.1) is 0 Å². The Bertz CT molecular complexity index is 1100. The largest absolute Gasteiger partial charge is 0.495 e. The van der Waals surface area contributed by atoms with Crippen LogP contribution in [0.1, 0.15) is 6.92 Å². The number of anilines is 1. The van der Waals surface area contributed by atoms with E-state index in [2.05, 4.69) is 9.88 Å². The van der Waals surface area contributed by atoms with Crippen molar-refractivity contribution in [3.63, 3.8) is 0 Å². The van der Waals surface area contributed by atoms with Crippen molar-refractivity contribution in [3.8, 4) is 22.8 Å². The summed E-state index contributed by atoms with van der Waals surface area (Å²) >= 11 is 14.8. The second-order valence-corrected chi connectivity index (χ2v) is 8.57. The highest BCUT2D eigenvalue weighted by Crippen LogP contribution is 2.46. The predicted octanol–water partition coefficient (Wildman–Crippen LogP) is 4.96. The summed E-state index contributed by atoms with van der Waals surface area (Å²) in [4.78, 5) is 16.3. The fraction of sp³-hybridized carbons (Fsp3) is 0.381. The molecule has 1 aliphatic rings. The smallest absolute Gasteiger partial charge is 0.187 e. The molecule has 1 aliphatic heterocycles.